The largest absolute Gasteiger partial charge is 0.389 e. The second kappa shape index (κ2) is 10.0. The summed E-state index contributed by atoms with van der Waals surface area (Å²) in [4.78, 5) is 55.7. The van der Waals surface area contributed by atoms with Gasteiger partial charge < -0.3 is 25.6 Å². The Morgan fingerprint density at radius 3 is 2.68 bits per heavy atom. The van der Waals surface area contributed by atoms with Gasteiger partial charge in [-0.05, 0) is 43.6 Å². The Kier molecular flexibility index (Phi) is 6.93. The summed E-state index contributed by atoms with van der Waals surface area (Å²) in [5.41, 5.74) is -0.150. The summed E-state index contributed by atoms with van der Waals surface area (Å²) in [6.45, 7) is -0.0209. The first-order chi connectivity index (χ1) is 17.7. The van der Waals surface area contributed by atoms with Crippen LogP contribution in [-0.4, -0.2) is 70.3 Å². The Morgan fingerprint density at radius 2 is 1.97 bits per heavy atom. The number of nitrogens with one attached hydrogen (secondary N) is 3. The number of rotatable bonds is 7. The first kappa shape index (κ1) is 25.6. The fourth-order valence-corrected chi connectivity index (χ4v) is 6.31. The number of carbonyl (C=O) groups is 4. The van der Waals surface area contributed by atoms with Crippen molar-refractivity contribution < 1.29 is 33.1 Å². The maximum atomic E-state index is 14.3. The van der Waals surface area contributed by atoms with Crippen molar-refractivity contribution in [3.05, 3.63) is 34.5 Å². The highest BCUT2D eigenvalue weighted by Gasteiger charge is 2.50. The minimum Gasteiger partial charge on any atom is -0.389 e. The molecule has 3 heterocycles. The Balaban J connectivity index is 1.41. The lowest BCUT2D eigenvalue weighted by Crippen LogP contribution is -2.53. The van der Waals surface area contributed by atoms with Crippen LogP contribution in [0.2, 0.25) is 5.02 Å². The highest BCUT2D eigenvalue weighted by molar-refractivity contribution is 6.35. The van der Waals surface area contributed by atoms with E-state index in [4.69, 9.17) is 11.6 Å². The average molecular weight is 537 g/mol. The van der Waals surface area contributed by atoms with Crippen LogP contribution in [0.4, 0.5) is 8.78 Å². The number of nitrogens with zero attached hydrogens (tertiary/aromatic N) is 1. The summed E-state index contributed by atoms with van der Waals surface area (Å²) in [6.07, 6.45) is 3.01. The van der Waals surface area contributed by atoms with Crippen LogP contribution in [0, 0.1) is 29.4 Å². The van der Waals surface area contributed by atoms with Crippen molar-refractivity contribution in [2.24, 2.45) is 17.8 Å². The van der Waals surface area contributed by atoms with Crippen molar-refractivity contribution in [1.29, 1.82) is 0 Å². The van der Waals surface area contributed by atoms with Crippen molar-refractivity contribution in [3.8, 4) is 0 Å². The maximum Gasteiger partial charge on any atom is 0.271 e. The molecule has 3 fully saturated rings. The topological polar surface area (TPSA) is 132 Å². The molecule has 0 bridgehead atoms. The highest BCUT2D eigenvalue weighted by Crippen LogP contribution is 2.43. The molecule has 12 heteroatoms. The lowest BCUT2D eigenvalue weighted by atomic mass is 9.92. The molecule has 198 valence electrons. The van der Waals surface area contributed by atoms with Crippen LogP contribution in [0.15, 0.2) is 12.1 Å². The number of aromatic amines is 1. The third-order valence-electron chi connectivity index (χ3n) is 7.95. The molecule has 0 unspecified atom stereocenters. The van der Waals surface area contributed by atoms with E-state index in [9.17, 15) is 33.1 Å². The van der Waals surface area contributed by atoms with E-state index >= 15 is 0 Å². The van der Waals surface area contributed by atoms with Gasteiger partial charge in [-0.1, -0.05) is 18.0 Å². The van der Waals surface area contributed by atoms with Gasteiger partial charge in [-0.25, -0.2) is 8.78 Å². The zero-order valence-corrected chi connectivity index (χ0v) is 20.6. The van der Waals surface area contributed by atoms with Gasteiger partial charge in [-0.15, -0.1) is 0 Å². The van der Waals surface area contributed by atoms with E-state index in [1.807, 2.05) is 0 Å². The minimum atomic E-state index is -1.08. The van der Waals surface area contributed by atoms with Crippen molar-refractivity contribution in [2.75, 3.05) is 19.7 Å². The number of ketones is 1. The maximum absolute atomic E-state index is 14.3. The molecule has 5 rings (SSSR count). The molecule has 1 saturated carbocycles. The Labute approximate surface area is 215 Å². The van der Waals surface area contributed by atoms with E-state index in [-0.39, 0.29) is 45.8 Å². The lowest BCUT2D eigenvalue weighted by molar-refractivity contribution is -0.133. The molecule has 3 amide bonds. The van der Waals surface area contributed by atoms with E-state index in [1.165, 1.54) is 11.0 Å². The molecule has 2 aromatic rings. The standard InChI is InChI=1S/C25H27ClF2N4O5/c26-20-14-7-18(30-21(14)16(28)8-15(20)27)25(37)32-9-12-2-1-3-13(12)22(32)24(36)31-17(19(34)10-33)6-11-4-5-29-23(11)35/h7-8,11-13,17,22,30,33H,1-6,9-10H2,(H,29,35)(H,31,36)/t11-,12-,13-,17-,22-/m0/s1. The van der Waals surface area contributed by atoms with Gasteiger partial charge in [0.15, 0.2) is 5.78 Å². The van der Waals surface area contributed by atoms with E-state index in [2.05, 4.69) is 15.6 Å². The predicted octanol–water partition coefficient (Wildman–Crippen LogP) is 1.91. The van der Waals surface area contributed by atoms with Crippen molar-refractivity contribution in [3.63, 3.8) is 0 Å². The van der Waals surface area contributed by atoms with Crippen LogP contribution in [0.3, 0.4) is 0 Å². The molecule has 5 atom stereocenters. The summed E-state index contributed by atoms with van der Waals surface area (Å²) < 4.78 is 28.2. The zero-order valence-electron chi connectivity index (χ0n) is 19.9. The molecule has 1 aromatic heterocycles. The molecule has 2 saturated heterocycles. The molecule has 1 aliphatic carbocycles. The van der Waals surface area contributed by atoms with Gasteiger partial charge in [0.1, 0.15) is 30.0 Å². The number of hydrogen-bond acceptors (Lipinski definition) is 5. The summed E-state index contributed by atoms with van der Waals surface area (Å²) in [6, 6.07) is -0.0662. The monoisotopic (exact) mass is 536 g/mol. The molecule has 37 heavy (non-hydrogen) atoms. The molecule has 1 aromatic carbocycles. The molecule has 4 N–H and O–H groups in total. The Morgan fingerprint density at radius 1 is 1.19 bits per heavy atom. The average Bonchev–Trinajstić information content (AvgIpc) is 3.65. The van der Waals surface area contributed by atoms with E-state index < -0.39 is 53.8 Å². The van der Waals surface area contributed by atoms with E-state index in [0.717, 1.165) is 12.8 Å². The molecule has 0 radical (unpaired) electrons. The molecule has 9 nitrogen and oxygen atoms in total. The number of fused-ring (bicyclic) bond motifs is 2. The van der Waals surface area contributed by atoms with Crippen LogP contribution in [0.25, 0.3) is 10.9 Å². The second-order valence-corrected chi connectivity index (χ2v) is 10.5. The Hall–Kier alpha value is -3.05. The van der Waals surface area contributed by atoms with Crippen molar-refractivity contribution >= 4 is 46.0 Å². The second-order valence-electron chi connectivity index (χ2n) is 10.1. The fourth-order valence-electron chi connectivity index (χ4n) is 6.10. The molecule has 0 spiro atoms. The number of amides is 3. The third kappa shape index (κ3) is 4.59. The van der Waals surface area contributed by atoms with E-state index in [1.54, 1.807) is 0 Å². The number of hydrogen-bond donors (Lipinski definition) is 4. The van der Waals surface area contributed by atoms with Crippen LogP contribution in [0.5, 0.6) is 0 Å². The number of carbonyl (C=O) groups excluding carboxylic acids is 4. The number of aliphatic hydroxyl groups is 1. The van der Waals surface area contributed by atoms with Gasteiger partial charge in [0.2, 0.25) is 11.8 Å². The first-order valence-corrected chi connectivity index (χ1v) is 12.8. The number of halogens is 3. The number of Topliss-reactive ketones (excluding diaryl/α,β-unsaturated/α-hetero) is 1. The number of H-pyrrole nitrogens is 1. The van der Waals surface area contributed by atoms with Gasteiger partial charge in [-0.2, -0.15) is 0 Å². The van der Waals surface area contributed by atoms with Gasteiger partial charge in [0.25, 0.3) is 5.91 Å². The first-order valence-electron chi connectivity index (χ1n) is 12.4. The number of likely N-dealkylation sites (tertiary alicyclic amines) is 1. The van der Waals surface area contributed by atoms with Gasteiger partial charge in [-0.3, -0.25) is 19.2 Å². The number of aliphatic hydroxyl groups excluding tert-OH is 1. The van der Waals surface area contributed by atoms with Crippen LogP contribution in [0.1, 0.15) is 42.6 Å². The normalized spacial score (nSPS) is 25.8. The minimum absolute atomic E-state index is 0.0198. The summed E-state index contributed by atoms with van der Waals surface area (Å²) in [5, 5.41) is 14.5. The SMILES string of the molecule is O=C1NCC[C@H]1C[C@H](NC(=O)[C@@H]1[C@H]2CCC[C@H]2CN1C(=O)c1cc2c(Cl)c(F)cc(F)c2[nH]1)C(=O)CO. The van der Waals surface area contributed by atoms with Gasteiger partial charge in [0, 0.05) is 30.5 Å². The zero-order chi connectivity index (χ0) is 26.4. The van der Waals surface area contributed by atoms with Crippen LogP contribution < -0.4 is 10.6 Å². The van der Waals surface area contributed by atoms with Crippen LogP contribution in [-0.2, 0) is 14.4 Å². The molecule has 3 aliphatic rings. The summed E-state index contributed by atoms with van der Waals surface area (Å²) in [5.74, 6) is -4.30. The predicted molar refractivity (Wildman–Crippen MR) is 129 cm³/mol. The quantitative estimate of drug-likeness (QED) is 0.401. The number of aromatic nitrogens is 1. The summed E-state index contributed by atoms with van der Waals surface area (Å²) in [7, 11) is 0. The Bertz CT molecular complexity index is 1280. The van der Waals surface area contributed by atoms with Gasteiger partial charge >= 0.3 is 0 Å². The van der Waals surface area contributed by atoms with Crippen molar-refractivity contribution in [1.82, 2.24) is 20.5 Å². The summed E-state index contributed by atoms with van der Waals surface area (Å²) >= 11 is 5.98. The lowest BCUT2D eigenvalue weighted by Gasteiger charge is -2.29. The third-order valence-corrected chi connectivity index (χ3v) is 8.33. The highest BCUT2D eigenvalue weighted by atomic mass is 35.5. The van der Waals surface area contributed by atoms with Crippen molar-refractivity contribution in [2.45, 2.75) is 44.2 Å². The molecular weight excluding hydrogens is 510 g/mol. The van der Waals surface area contributed by atoms with E-state index in [0.29, 0.717) is 32.0 Å². The number of benzene rings is 1. The van der Waals surface area contributed by atoms with Gasteiger partial charge in [0.05, 0.1) is 16.6 Å². The smallest absolute Gasteiger partial charge is 0.271 e. The molecule has 2 aliphatic heterocycles. The van der Waals surface area contributed by atoms with Crippen LogP contribution >= 0.6 is 11.6 Å². The fraction of sp³-hybridized carbons (Fsp3) is 0.520. The molecular formula is C25H27ClF2N4O5.